The molecule has 2 aliphatic rings. The summed E-state index contributed by atoms with van der Waals surface area (Å²) in [5.74, 6) is 4.06. The number of terminal acetylenes is 1. The van der Waals surface area contributed by atoms with Gasteiger partial charge in [0.1, 0.15) is 11.5 Å². The third-order valence-corrected chi connectivity index (χ3v) is 3.61. The molecule has 0 saturated carbocycles. The Labute approximate surface area is 114 Å². The van der Waals surface area contributed by atoms with Gasteiger partial charge in [-0.1, -0.05) is 21.9 Å². The van der Waals surface area contributed by atoms with Crippen molar-refractivity contribution in [1.82, 2.24) is 4.90 Å². The monoisotopic (exact) mass is 303 g/mol. The van der Waals surface area contributed by atoms with E-state index < -0.39 is 0 Å². The fourth-order valence-corrected chi connectivity index (χ4v) is 2.67. The minimum Gasteiger partial charge on any atom is -0.459 e. The van der Waals surface area contributed by atoms with Crippen LogP contribution in [-0.2, 0) is 11.2 Å². The highest BCUT2D eigenvalue weighted by Gasteiger charge is 2.34. The number of fused-ring (bicyclic) bond motifs is 1. The lowest BCUT2D eigenvalue weighted by Gasteiger charge is -2.17. The highest BCUT2D eigenvalue weighted by Crippen LogP contribution is 2.35. The molecule has 3 rings (SSSR count). The molecule has 1 aromatic carbocycles. The van der Waals surface area contributed by atoms with Crippen molar-refractivity contribution in [2.75, 3.05) is 13.1 Å². The van der Waals surface area contributed by atoms with Crippen molar-refractivity contribution >= 4 is 21.8 Å². The number of carbonyl (C=O) groups excluding carboxylic acids is 1. The average Bonchev–Trinajstić information content (AvgIpc) is 2.64. The van der Waals surface area contributed by atoms with Crippen molar-refractivity contribution in [3.63, 3.8) is 0 Å². The second-order valence-electron chi connectivity index (χ2n) is 4.30. The molecular formula is C14H10BrNO2. The van der Waals surface area contributed by atoms with E-state index in [2.05, 4.69) is 21.9 Å². The summed E-state index contributed by atoms with van der Waals surface area (Å²) in [6.07, 6.45) is 5.87. The minimum atomic E-state index is -0.00595. The van der Waals surface area contributed by atoms with Gasteiger partial charge in [0, 0.05) is 16.5 Å². The SMILES string of the molecule is C#CCN1CC2=C(Cc3cc(Br)ccc3O2)C1=O. The van der Waals surface area contributed by atoms with E-state index in [4.69, 9.17) is 11.2 Å². The van der Waals surface area contributed by atoms with Crippen molar-refractivity contribution in [2.45, 2.75) is 6.42 Å². The van der Waals surface area contributed by atoms with E-state index in [-0.39, 0.29) is 5.91 Å². The standard InChI is InChI=1S/C14H10BrNO2/c1-2-5-16-8-13-11(14(16)17)7-9-6-10(15)3-4-12(9)18-13/h1,3-4,6H,5,7-8H2. The summed E-state index contributed by atoms with van der Waals surface area (Å²) >= 11 is 3.42. The second kappa shape index (κ2) is 4.18. The number of hydrogen-bond acceptors (Lipinski definition) is 2. The molecule has 18 heavy (non-hydrogen) atoms. The molecule has 0 radical (unpaired) electrons. The summed E-state index contributed by atoms with van der Waals surface area (Å²) in [7, 11) is 0. The van der Waals surface area contributed by atoms with E-state index in [1.54, 1.807) is 4.90 Å². The molecule has 4 heteroatoms. The van der Waals surface area contributed by atoms with Gasteiger partial charge in [0.25, 0.3) is 5.91 Å². The van der Waals surface area contributed by atoms with Gasteiger partial charge in [-0.25, -0.2) is 0 Å². The van der Waals surface area contributed by atoms with E-state index in [9.17, 15) is 4.79 Å². The highest BCUT2D eigenvalue weighted by molar-refractivity contribution is 9.10. The number of carbonyl (C=O) groups is 1. The molecule has 2 aliphatic heterocycles. The number of hydrogen-bond donors (Lipinski definition) is 0. The van der Waals surface area contributed by atoms with Crippen molar-refractivity contribution in [1.29, 1.82) is 0 Å². The second-order valence-corrected chi connectivity index (χ2v) is 5.21. The fraction of sp³-hybridized carbons (Fsp3) is 0.214. The zero-order valence-electron chi connectivity index (χ0n) is 9.57. The van der Waals surface area contributed by atoms with Crippen LogP contribution < -0.4 is 4.74 Å². The van der Waals surface area contributed by atoms with Crippen LogP contribution in [0.15, 0.2) is 34.0 Å². The molecule has 0 unspecified atom stereocenters. The molecule has 0 bridgehead atoms. The van der Waals surface area contributed by atoms with Crippen LogP contribution in [0.25, 0.3) is 0 Å². The zero-order valence-corrected chi connectivity index (χ0v) is 11.2. The predicted octanol–water partition coefficient (Wildman–Crippen LogP) is 2.11. The van der Waals surface area contributed by atoms with E-state index in [1.807, 2.05) is 18.2 Å². The first-order valence-electron chi connectivity index (χ1n) is 5.60. The topological polar surface area (TPSA) is 29.5 Å². The van der Waals surface area contributed by atoms with Crippen LogP contribution in [0.2, 0.25) is 0 Å². The maximum Gasteiger partial charge on any atom is 0.254 e. The number of rotatable bonds is 1. The molecule has 90 valence electrons. The van der Waals surface area contributed by atoms with Crippen LogP contribution >= 0.6 is 15.9 Å². The average molecular weight is 304 g/mol. The summed E-state index contributed by atoms with van der Waals surface area (Å²) in [6, 6.07) is 5.83. The van der Waals surface area contributed by atoms with Crippen LogP contribution in [-0.4, -0.2) is 23.9 Å². The molecule has 2 heterocycles. The molecule has 0 aromatic heterocycles. The summed E-state index contributed by atoms with van der Waals surface area (Å²) in [6.45, 7) is 0.809. The molecule has 1 aromatic rings. The van der Waals surface area contributed by atoms with Crippen LogP contribution in [0.4, 0.5) is 0 Å². The smallest absolute Gasteiger partial charge is 0.254 e. The van der Waals surface area contributed by atoms with Gasteiger partial charge in [0.2, 0.25) is 0 Å². The first-order valence-corrected chi connectivity index (χ1v) is 6.39. The van der Waals surface area contributed by atoms with E-state index >= 15 is 0 Å². The van der Waals surface area contributed by atoms with Crippen LogP contribution in [0.5, 0.6) is 5.75 Å². The number of amides is 1. The highest BCUT2D eigenvalue weighted by atomic mass is 79.9. The van der Waals surface area contributed by atoms with E-state index in [0.29, 0.717) is 19.5 Å². The van der Waals surface area contributed by atoms with Gasteiger partial charge in [-0.3, -0.25) is 4.79 Å². The Kier molecular flexibility index (Phi) is 2.64. The van der Waals surface area contributed by atoms with Crippen molar-refractivity contribution in [2.24, 2.45) is 0 Å². The molecule has 1 amide bonds. The van der Waals surface area contributed by atoms with Gasteiger partial charge < -0.3 is 9.64 Å². The minimum absolute atomic E-state index is 0.00595. The molecule has 0 saturated heterocycles. The summed E-state index contributed by atoms with van der Waals surface area (Å²) in [5.41, 5.74) is 1.76. The van der Waals surface area contributed by atoms with Gasteiger partial charge >= 0.3 is 0 Å². The molecule has 0 N–H and O–H groups in total. The molecule has 0 fully saturated rings. The maximum atomic E-state index is 12.1. The number of ether oxygens (including phenoxy) is 1. The van der Waals surface area contributed by atoms with Gasteiger partial charge in [0.05, 0.1) is 18.7 Å². The molecule has 0 spiro atoms. The Morgan fingerprint density at radius 2 is 2.33 bits per heavy atom. The van der Waals surface area contributed by atoms with Crippen molar-refractivity contribution < 1.29 is 9.53 Å². The van der Waals surface area contributed by atoms with Crippen molar-refractivity contribution in [3.05, 3.63) is 39.6 Å². The van der Waals surface area contributed by atoms with Crippen molar-refractivity contribution in [3.8, 4) is 18.1 Å². The Hall–Kier alpha value is -1.73. The molecule has 0 aliphatic carbocycles. The molecular weight excluding hydrogens is 294 g/mol. The fourth-order valence-electron chi connectivity index (χ4n) is 2.27. The first kappa shape index (κ1) is 11.4. The lowest BCUT2D eigenvalue weighted by molar-refractivity contribution is -0.125. The van der Waals surface area contributed by atoms with Crippen LogP contribution in [0, 0.1) is 12.3 Å². The van der Waals surface area contributed by atoms with Crippen LogP contribution in [0.1, 0.15) is 5.56 Å². The van der Waals surface area contributed by atoms with E-state index in [1.165, 1.54) is 0 Å². The summed E-state index contributed by atoms with van der Waals surface area (Å²) in [4.78, 5) is 13.7. The summed E-state index contributed by atoms with van der Waals surface area (Å²) < 4.78 is 6.77. The van der Waals surface area contributed by atoms with Gasteiger partial charge in [0.15, 0.2) is 0 Å². The predicted molar refractivity (Wildman–Crippen MR) is 70.9 cm³/mol. The maximum absolute atomic E-state index is 12.1. The zero-order chi connectivity index (χ0) is 12.7. The quantitative estimate of drug-likeness (QED) is 0.744. The van der Waals surface area contributed by atoms with Gasteiger partial charge in [-0.05, 0) is 18.2 Å². The van der Waals surface area contributed by atoms with Gasteiger partial charge in [-0.2, -0.15) is 0 Å². The first-order chi connectivity index (χ1) is 8.69. The normalized spacial score (nSPS) is 17.1. The third-order valence-electron chi connectivity index (χ3n) is 3.12. The van der Waals surface area contributed by atoms with Gasteiger partial charge in [-0.15, -0.1) is 6.42 Å². The number of halogens is 1. The molecule has 0 atom stereocenters. The Bertz CT molecular complexity index is 613. The lowest BCUT2D eigenvalue weighted by atomic mass is 10.0. The Morgan fingerprint density at radius 1 is 1.50 bits per heavy atom. The Balaban J connectivity index is 1.92. The largest absolute Gasteiger partial charge is 0.459 e. The summed E-state index contributed by atoms with van der Waals surface area (Å²) in [5, 5.41) is 0. The van der Waals surface area contributed by atoms with E-state index in [0.717, 1.165) is 27.1 Å². The molecule has 3 nitrogen and oxygen atoms in total. The Morgan fingerprint density at radius 3 is 3.11 bits per heavy atom. The lowest BCUT2D eigenvalue weighted by Crippen LogP contribution is -2.27. The third kappa shape index (κ3) is 1.72. The number of benzene rings is 1. The van der Waals surface area contributed by atoms with Crippen LogP contribution in [0.3, 0.4) is 0 Å². The number of nitrogens with zero attached hydrogens (tertiary/aromatic N) is 1.